The zero-order valence-corrected chi connectivity index (χ0v) is 16.8. The van der Waals surface area contributed by atoms with Gasteiger partial charge >= 0.3 is 0 Å². The fourth-order valence-corrected chi connectivity index (χ4v) is 4.23. The molecule has 0 bridgehead atoms. The van der Waals surface area contributed by atoms with Gasteiger partial charge in [-0.15, -0.1) is 0 Å². The van der Waals surface area contributed by atoms with Gasteiger partial charge in [0.05, 0.1) is 13.2 Å². The molecule has 3 heteroatoms. The molecule has 3 rings (SSSR count). The monoisotopic (exact) mass is 365 g/mol. The molecule has 0 amide bonds. The number of rotatable bonds is 8. The van der Waals surface area contributed by atoms with Crippen LogP contribution in [0, 0.1) is 6.92 Å². The number of aryl methyl sites for hydroxylation is 2. The van der Waals surface area contributed by atoms with Crippen molar-refractivity contribution in [2.24, 2.45) is 0 Å². The third-order valence-corrected chi connectivity index (χ3v) is 5.59. The standard InChI is InChI=1S/C24H31NO2/c1-4-6-19-7-9-20(10-8-19)23-16-22(17-25(23)13-14-26)21-11-12-24(27-5-2)18(3)15-21/h7-12,14-15,22-23H,4-6,13,16-17H2,1-3H3. The summed E-state index contributed by atoms with van der Waals surface area (Å²) in [5.41, 5.74) is 5.24. The second kappa shape index (κ2) is 9.18. The van der Waals surface area contributed by atoms with Crippen molar-refractivity contribution in [1.82, 2.24) is 4.90 Å². The van der Waals surface area contributed by atoms with E-state index in [4.69, 9.17) is 4.74 Å². The molecule has 3 nitrogen and oxygen atoms in total. The quantitative estimate of drug-likeness (QED) is 0.611. The lowest BCUT2D eigenvalue weighted by Crippen LogP contribution is -2.25. The van der Waals surface area contributed by atoms with E-state index in [0.717, 1.165) is 31.4 Å². The Morgan fingerprint density at radius 2 is 1.85 bits per heavy atom. The third-order valence-electron chi connectivity index (χ3n) is 5.59. The number of hydrogen-bond donors (Lipinski definition) is 0. The summed E-state index contributed by atoms with van der Waals surface area (Å²) in [6, 6.07) is 15.8. The van der Waals surface area contributed by atoms with Crippen molar-refractivity contribution in [3.8, 4) is 5.75 Å². The Labute approximate surface area is 163 Å². The second-order valence-corrected chi connectivity index (χ2v) is 7.52. The third kappa shape index (κ3) is 4.59. The summed E-state index contributed by atoms with van der Waals surface area (Å²) in [6.45, 7) is 8.43. The van der Waals surface area contributed by atoms with Gasteiger partial charge in [0, 0.05) is 12.6 Å². The molecule has 1 saturated heterocycles. The van der Waals surface area contributed by atoms with E-state index in [-0.39, 0.29) is 0 Å². The minimum Gasteiger partial charge on any atom is -0.494 e. The molecule has 27 heavy (non-hydrogen) atoms. The van der Waals surface area contributed by atoms with Crippen LogP contribution in [0.1, 0.15) is 60.9 Å². The molecule has 0 spiro atoms. The molecule has 2 atom stereocenters. The molecular formula is C24H31NO2. The van der Waals surface area contributed by atoms with Crippen molar-refractivity contribution in [2.75, 3.05) is 19.7 Å². The molecule has 2 aromatic rings. The van der Waals surface area contributed by atoms with Crippen LogP contribution < -0.4 is 4.74 Å². The molecule has 0 aromatic heterocycles. The highest BCUT2D eigenvalue weighted by atomic mass is 16.5. The first-order chi connectivity index (χ1) is 13.2. The molecule has 0 saturated carbocycles. The predicted octanol–water partition coefficient (Wildman–Crippen LogP) is 5.08. The van der Waals surface area contributed by atoms with Crippen molar-refractivity contribution >= 4 is 6.29 Å². The molecule has 1 heterocycles. The van der Waals surface area contributed by atoms with Crippen LogP contribution in [-0.4, -0.2) is 30.9 Å². The molecule has 2 aromatic carbocycles. The van der Waals surface area contributed by atoms with Crippen molar-refractivity contribution < 1.29 is 9.53 Å². The minimum atomic E-state index is 0.308. The summed E-state index contributed by atoms with van der Waals surface area (Å²) in [4.78, 5) is 13.6. The van der Waals surface area contributed by atoms with Crippen LogP contribution >= 0.6 is 0 Å². The van der Waals surface area contributed by atoms with Crippen LogP contribution in [0.3, 0.4) is 0 Å². The van der Waals surface area contributed by atoms with E-state index < -0.39 is 0 Å². The summed E-state index contributed by atoms with van der Waals surface area (Å²) in [6.07, 6.45) is 4.37. The van der Waals surface area contributed by atoms with E-state index >= 15 is 0 Å². The minimum absolute atomic E-state index is 0.308. The second-order valence-electron chi connectivity index (χ2n) is 7.52. The molecule has 144 valence electrons. The fraction of sp³-hybridized carbons (Fsp3) is 0.458. The average molecular weight is 366 g/mol. The van der Waals surface area contributed by atoms with Crippen molar-refractivity contribution in [3.05, 3.63) is 64.7 Å². The molecular weight excluding hydrogens is 334 g/mol. The van der Waals surface area contributed by atoms with Gasteiger partial charge < -0.3 is 9.53 Å². The molecule has 1 fully saturated rings. The Kier molecular flexibility index (Phi) is 6.68. The van der Waals surface area contributed by atoms with Gasteiger partial charge in [-0.3, -0.25) is 4.90 Å². The SMILES string of the molecule is CCCc1ccc(C2CC(c3ccc(OCC)c(C)c3)CN2CC=O)cc1. The zero-order chi connectivity index (χ0) is 19.2. The highest BCUT2D eigenvalue weighted by Crippen LogP contribution is 2.41. The van der Waals surface area contributed by atoms with Crippen molar-refractivity contribution in [3.63, 3.8) is 0 Å². The molecule has 1 aliphatic heterocycles. The highest BCUT2D eigenvalue weighted by molar-refractivity contribution is 5.52. The van der Waals surface area contributed by atoms with Crippen LogP contribution in [0.25, 0.3) is 0 Å². The van der Waals surface area contributed by atoms with Gasteiger partial charge in [-0.1, -0.05) is 49.7 Å². The van der Waals surface area contributed by atoms with E-state index in [2.05, 4.69) is 61.2 Å². The van der Waals surface area contributed by atoms with E-state index in [9.17, 15) is 4.79 Å². The van der Waals surface area contributed by atoms with Gasteiger partial charge in [-0.25, -0.2) is 0 Å². The summed E-state index contributed by atoms with van der Waals surface area (Å²) >= 11 is 0. The lowest BCUT2D eigenvalue weighted by atomic mass is 9.92. The smallest absolute Gasteiger partial charge is 0.134 e. The van der Waals surface area contributed by atoms with E-state index in [0.29, 0.717) is 25.1 Å². The van der Waals surface area contributed by atoms with E-state index in [1.807, 2.05) is 6.92 Å². The highest BCUT2D eigenvalue weighted by Gasteiger charge is 2.33. The van der Waals surface area contributed by atoms with Gasteiger partial charge in [-0.05, 0) is 60.9 Å². The van der Waals surface area contributed by atoms with E-state index in [1.165, 1.54) is 28.7 Å². The number of ether oxygens (including phenoxy) is 1. The number of nitrogens with zero attached hydrogens (tertiary/aromatic N) is 1. The average Bonchev–Trinajstić information content (AvgIpc) is 3.09. The molecule has 0 radical (unpaired) electrons. The van der Waals surface area contributed by atoms with Gasteiger partial charge in [0.1, 0.15) is 12.0 Å². The Bertz CT molecular complexity index is 753. The number of hydrogen-bond acceptors (Lipinski definition) is 3. The Balaban J connectivity index is 1.80. The molecule has 1 aliphatic rings. The zero-order valence-electron chi connectivity index (χ0n) is 16.8. The van der Waals surface area contributed by atoms with Gasteiger partial charge in [0.25, 0.3) is 0 Å². The van der Waals surface area contributed by atoms with E-state index in [1.54, 1.807) is 0 Å². The Hall–Kier alpha value is -2.13. The number of aldehydes is 1. The normalized spacial score (nSPS) is 20.0. The topological polar surface area (TPSA) is 29.5 Å². The van der Waals surface area contributed by atoms with Crippen LogP contribution in [0.15, 0.2) is 42.5 Å². The number of benzene rings is 2. The fourth-order valence-electron chi connectivity index (χ4n) is 4.23. The molecule has 2 unspecified atom stereocenters. The van der Waals surface area contributed by atoms with Crippen LogP contribution in [0.5, 0.6) is 5.75 Å². The summed E-state index contributed by atoms with van der Waals surface area (Å²) in [5, 5.41) is 0. The lowest BCUT2D eigenvalue weighted by molar-refractivity contribution is -0.109. The maximum atomic E-state index is 11.2. The number of carbonyl (C=O) groups is 1. The molecule has 0 aliphatic carbocycles. The van der Waals surface area contributed by atoms with Crippen molar-refractivity contribution in [2.45, 2.75) is 52.0 Å². The summed E-state index contributed by atoms with van der Waals surface area (Å²) < 4.78 is 5.68. The van der Waals surface area contributed by atoms with Crippen LogP contribution in [0.2, 0.25) is 0 Å². The first kappa shape index (κ1) is 19.6. The lowest BCUT2D eigenvalue weighted by Gasteiger charge is -2.22. The largest absolute Gasteiger partial charge is 0.494 e. The maximum Gasteiger partial charge on any atom is 0.134 e. The number of likely N-dealkylation sites (tertiary alicyclic amines) is 1. The van der Waals surface area contributed by atoms with Crippen molar-refractivity contribution in [1.29, 1.82) is 0 Å². The molecule has 0 N–H and O–H groups in total. The van der Waals surface area contributed by atoms with Gasteiger partial charge in [0.15, 0.2) is 0 Å². The van der Waals surface area contributed by atoms with Gasteiger partial charge in [0.2, 0.25) is 0 Å². The van der Waals surface area contributed by atoms with Crippen LogP contribution in [-0.2, 0) is 11.2 Å². The maximum absolute atomic E-state index is 11.2. The Morgan fingerprint density at radius 3 is 2.48 bits per heavy atom. The van der Waals surface area contributed by atoms with Gasteiger partial charge in [-0.2, -0.15) is 0 Å². The predicted molar refractivity (Wildman–Crippen MR) is 111 cm³/mol. The Morgan fingerprint density at radius 1 is 1.11 bits per heavy atom. The summed E-state index contributed by atoms with van der Waals surface area (Å²) in [7, 11) is 0. The summed E-state index contributed by atoms with van der Waals surface area (Å²) in [5.74, 6) is 1.41. The first-order valence-corrected chi connectivity index (χ1v) is 10.2. The van der Waals surface area contributed by atoms with Crippen LogP contribution in [0.4, 0.5) is 0 Å². The number of carbonyl (C=O) groups excluding carboxylic acids is 1. The first-order valence-electron chi connectivity index (χ1n) is 10.2.